The molecule has 0 fully saturated rings. The van der Waals surface area contributed by atoms with Gasteiger partial charge in [-0.15, -0.1) is 10.2 Å². The van der Waals surface area contributed by atoms with E-state index in [-0.39, 0.29) is 5.97 Å². The van der Waals surface area contributed by atoms with E-state index in [4.69, 9.17) is 9.15 Å². The first kappa shape index (κ1) is 19.0. The van der Waals surface area contributed by atoms with E-state index in [0.29, 0.717) is 11.3 Å². The second-order valence-electron chi connectivity index (χ2n) is 6.34. The van der Waals surface area contributed by atoms with Gasteiger partial charge in [0.1, 0.15) is 5.76 Å². The van der Waals surface area contributed by atoms with E-state index < -0.39 is 0 Å². The monoisotopic (exact) mass is 405 g/mol. The van der Waals surface area contributed by atoms with Gasteiger partial charge < -0.3 is 9.15 Å². The third-order valence-electron chi connectivity index (χ3n) is 4.49. The quantitative estimate of drug-likeness (QED) is 0.335. The number of nitrogens with zero attached hydrogens (tertiary/aromatic N) is 3. The van der Waals surface area contributed by atoms with Crippen LogP contribution < -0.4 is 0 Å². The van der Waals surface area contributed by atoms with Crippen LogP contribution in [-0.2, 0) is 10.5 Å². The number of carbonyl (C=O) groups excluding carboxylic acids is 1. The van der Waals surface area contributed by atoms with Crippen molar-refractivity contribution in [1.29, 1.82) is 0 Å². The molecule has 0 unspecified atom stereocenters. The van der Waals surface area contributed by atoms with Crippen molar-refractivity contribution < 1.29 is 13.9 Å². The zero-order valence-corrected chi connectivity index (χ0v) is 16.8. The van der Waals surface area contributed by atoms with Gasteiger partial charge in [0.05, 0.1) is 24.5 Å². The molecule has 0 saturated heterocycles. The zero-order chi connectivity index (χ0) is 20.2. The number of hydrogen-bond acceptors (Lipinski definition) is 6. The number of hydrogen-bond donors (Lipinski definition) is 0. The standard InChI is InChI=1S/C22H19N3O3S/c1-15-19(12-13-28-15)20-23-24-22(25(20)18-6-4-3-5-7-18)29-14-16-8-10-17(11-9-16)21(26)27-2/h3-13H,14H2,1-2H3. The summed E-state index contributed by atoms with van der Waals surface area (Å²) in [6, 6.07) is 19.3. The fourth-order valence-corrected chi connectivity index (χ4v) is 3.88. The van der Waals surface area contributed by atoms with Crippen molar-refractivity contribution in [2.45, 2.75) is 17.8 Å². The number of furan rings is 1. The van der Waals surface area contributed by atoms with Gasteiger partial charge in [-0.3, -0.25) is 4.57 Å². The fourth-order valence-electron chi connectivity index (χ4n) is 2.97. The minimum absolute atomic E-state index is 0.340. The van der Waals surface area contributed by atoms with E-state index in [1.165, 1.54) is 7.11 Å². The Morgan fingerprint density at radius 3 is 2.48 bits per heavy atom. The van der Waals surface area contributed by atoms with Crippen LogP contribution in [0.15, 0.2) is 76.5 Å². The van der Waals surface area contributed by atoms with Crippen LogP contribution >= 0.6 is 11.8 Å². The van der Waals surface area contributed by atoms with E-state index >= 15 is 0 Å². The van der Waals surface area contributed by atoms with Crippen molar-refractivity contribution in [3.63, 3.8) is 0 Å². The molecule has 0 amide bonds. The number of methoxy groups -OCH3 is 1. The molecule has 4 aromatic rings. The second kappa shape index (κ2) is 8.36. The summed E-state index contributed by atoms with van der Waals surface area (Å²) in [5, 5.41) is 9.63. The molecule has 29 heavy (non-hydrogen) atoms. The molecule has 146 valence electrons. The summed E-state index contributed by atoms with van der Waals surface area (Å²) in [5.41, 5.74) is 3.50. The molecule has 7 heteroatoms. The third-order valence-corrected chi connectivity index (χ3v) is 5.49. The number of aromatic nitrogens is 3. The summed E-state index contributed by atoms with van der Waals surface area (Å²) >= 11 is 1.58. The van der Waals surface area contributed by atoms with Crippen molar-refractivity contribution in [3.8, 4) is 17.1 Å². The average molecular weight is 405 g/mol. The van der Waals surface area contributed by atoms with E-state index in [0.717, 1.165) is 33.6 Å². The molecule has 4 rings (SSSR count). The summed E-state index contributed by atoms with van der Waals surface area (Å²) in [6.07, 6.45) is 1.66. The van der Waals surface area contributed by atoms with Crippen LogP contribution in [0.25, 0.3) is 17.1 Å². The van der Waals surface area contributed by atoms with Gasteiger partial charge >= 0.3 is 5.97 Å². The number of aryl methyl sites for hydroxylation is 1. The third kappa shape index (κ3) is 3.95. The minimum atomic E-state index is -0.340. The van der Waals surface area contributed by atoms with E-state index in [1.54, 1.807) is 30.2 Å². The Labute approximate surface area is 172 Å². The Kier molecular flexibility index (Phi) is 5.48. The maximum Gasteiger partial charge on any atom is 0.337 e. The molecule has 6 nitrogen and oxygen atoms in total. The molecule has 0 saturated carbocycles. The predicted octanol–water partition coefficient (Wildman–Crippen LogP) is 4.91. The average Bonchev–Trinajstić information content (AvgIpc) is 3.38. The van der Waals surface area contributed by atoms with Gasteiger partial charge in [0.15, 0.2) is 11.0 Å². The summed E-state index contributed by atoms with van der Waals surface area (Å²) in [6.45, 7) is 1.91. The number of thioether (sulfide) groups is 1. The van der Waals surface area contributed by atoms with Crippen molar-refractivity contribution in [3.05, 3.63) is 83.8 Å². The highest BCUT2D eigenvalue weighted by Gasteiger charge is 2.19. The summed E-state index contributed by atoms with van der Waals surface area (Å²) < 4.78 is 12.2. The van der Waals surface area contributed by atoms with Gasteiger partial charge in [-0.2, -0.15) is 0 Å². The van der Waals surface area contributed by atoms with Crippen LogP contribution in [0.4, 0.5) is 0 Å². The molecule has 2 aromatic carbocycles. The molecule has 0 N–H and O–H groups in total. The lowest BCUT2D eigenvalue weighted by molar-refractivity contribution is 0.0600. The summed E-state index contributed by atoms with van der Waals surface area (Å²) in [4.78, 5) is 11.6. The van der Waals surface area contributed by atoms with Crippen molar-refractivity contribution in [2.24, 2.45) is 0 Å². The van der Waals surface area contributed by atoms with Crippen LogP contribution in [0.3, 0.4) is 0 Å². The van der Waals surface area contributed by atoms with Crippen LogP contribution in [-0.4, -0.2) is 27.8 Å². The maximum absolute atomic E-state index is 11.6. The first-order chi connectivity index (χ1) is 14.2. The highest BCUT2D eigenvalue weighted by molar-refractivity contribution is 7.98. The molecular weight excluding hydrogens is 386 g/mol. The number of ether oxygens (including phenoxy) is 1. The van der Waals surface area contributed by atoms with Crippen LogP contribution in [0, 0.1) is 6.92 Å². The maximum atomic E-state index is 11.6. The summed E-state index contributed by atoms with van der Waals surface area (Å²) in [5.74, 6) is 1.89. The van der Waals surface area contributed by atoms with Crippen molar-refractivity contribution in [2.75, 3.05) is 7.11 Å². The highest BCUT2D eigenvalue weighted by Crippen LogP contribution is 2.31. The molecule has 0 aliphatic heterocycles. The number of benzene rings is 2. The molecule has 0 atom stereocenters. The Hall–Kier alpha value is -3.32. The second-order valence-corrected chi connectivity index (χ2v) is 7.29. The Balaban J connectivity index is 1.63. The molecule has 2 heterocycles. The lowest BCUT2D eigenvalue weighted by Crippen LogP contribution is -2.01. The number of para-hydroxylation sites is 1. The molecule has 0 radical (unpaired) electrons. The zero-order valence-electron chi connectivity index (χ0n) is 16.0. The number of carbonyl (C=O) groups is 1. The minimum Gasteiger partial charge on any atom is -0.469 e. The molecule has 0 aliphatic carbocycles. The summed E-state index contributed by atoms with van der Waals surface area (Å²) in [7, 11) is 1.38. The van der Waals surface area contributed by atoms with Gasteiger partial charge in [-0.1, -0.05) is 42.1 Å². The smallest absolute Gasteiger partial charge is 0.337 e. The van der Waals surface area contributed by atoms with Crippen LogP contribution in [0.5, 0.6) is 0 Å². The lowest BCUT2D eigenvalue weighted by atomic mass is 10.1. The predicted molar refractivity (Wildman–Crippen MR) is 111 cm³/mol. The Bertz CT molecular complexity index is 1120. The topological polar surface area (TPSA) is 70.2 Å². The van der Waals surface area contributed by atoms with Gasteiger partial charge in [0.25, 0.3) is 0 Å². The highest BCUT2D eigenvalue weighted by atomic mass is 32.2. The van der Waals surface area contributed by atoms with Crippen LogP contribution in [0.1, 0.15) is 21.7 Å². The van der Waals surface area contributed by atoms with Gasteiger partial charge in [0, 0.05) is 11.4 Å². The number of rotatable bonds is 6. The lowest BCUT2D eigenvalue weighted by Gasteiger charge is -2.10. The molecule has 0 bridgehead atoms. The SMILES string of the molecule is COC(=O)c1ccc(CSc2nnc(-c3ccoc3C)n2-c2ccccc2)cc1. The van der Waals surface area contributed by atoms with E-state index in [2.05, 4.69) is 10.2 Å². The molecular formula is C22H19N3O3S. The first-order valence-electron chi connectivity index (χ1n) is 9.02. The normalized spacial score (nSPS) is 10.8. The molecule has 2 aromatic heterocycles. The van der Waals surface area contributed by atoms with E-state index in [9.17, 15) is 4.79 Å². The molecule has 0 spiro atoms. The Morgan fingerprint density at radius 2 is 1.83 bits per heavy atom. The van der Waals surface area contributed by atoms with Gasteiger partial charge in [-0.25, -0.2) is 4.79 Å². The molecule has 0 aliphatic rings. The van der Waals surface area contributed by atoms with Crippen molar-refractivity contribution in [1.82, 2.24) is 14.8 Å². The fraction of sp³-hybridized carbons (Fsp3) is 0.136. The van der Waals surface area contributed by atoms with Gasteiger partial charge in [-0.05, 0) is 42.8 Å². The van der Waals surface area contributed by atoms with Gasteiger partial charge in [0.2, 0.25) is 0 Å². The Morgan fingerprint density at radius 1 is 1.07 bits per heavy atom. The first-order valence-corrected chi connectivity index (χ1v) is 10.0. The van der Waals surface area contributed by atoms with Crippen molar-refractivity contribution >= 4 is 17.7 Å². The largest absolute Gasteiger partial charge is 0.469 e. The van der Waals surface area contributed by atoms with Crippen LogP contribution in [0.2, 0.25) is 0 Å². The number of esters is 1. The van der Waals surface area contributed by atoms with E-state index in [1.807, 2.05) is 60.0 Å².